The number of nitriles is 1. The topological polar surface area (TPSA) is 82.8 Å². The lowest BCUT2D eigenvalue weighted by molar-refractivity contribution is 0.598. The predicted molar refractivity (Wildman–Crippen MR) is 64.4 cm³/mol. The van der Waals surface area contributed by atoms with Crippen molar-refractivity contribution in [2.45, 2.75) is 19.9 Å². The number of rotatable bonds is 4. The van der Waals surface area contributed by atoms with Gasteiger partial charge in [-0.3, -0.25) is 0 Å². The number of aryl methyl sites for hydroxylation is 1. The van der Waals surface area contributed by atoms with E-state index in [9.17, 15) is 8.42 Å². The van der Waals surface area contributed by atoms with E-state index in [1.165, 1.54) is 17.8 Å². The number of nitrogens with one attached hydrogen (secondary N) is 1. The van der Waals surface area contributed by atoms with Gasteiger partial charge >= 0.3 is 0 Å². The van der Waals surface area contributed by atoms with Gasteiger partial charge < -0.3 is 5.32 Å². The van der Waals surface area contributed by atoms with E-state index in [1.807, 2.05) is 6.07 Å². The highest BCUT2D eigenvalue weighted by Crippen LogP contribution is 2.24. The summed E-state index contributed by atoms with van der Waals surface area (Å²) in [6.45, 7) is 3.51. The molecule has 1 rings (SSSR count). The van der Waals surface area contributed by atoms with Crippen LogP contribution in [0.25, 0.3) is 0 Å². The zero-order valence-corrected chi connectivity index (χ0v) is 10.9. The fourth-order valence-electron chi connectivity index (χ4n) is 1.32. The second-order valence-electron chi connectivity index (χ2n) is 3.72. The van der Waals surface area contributed by atoms with Crippen molar-refractivity contribution in [1.29, 1.82) is 5.26 Å². The molecule has 16 heavy (non-hydrogen) atoms. The van der Waals surface area contributed by atoms with Crippen LogP contribution < -0.4 is 5.32 Å². The molecule has 0 saturated carbocycles. The molecule has 0 fully saturated rings. The summed E-state index contributed by atoms with van der Waals surface area (Å²) < 4.78 is 26.2. The van der Waals surface area contributed by atoms with Crippen molar-refractivity contribution in [3.63, 3.8) is 0 Å². The van der Waals surface area contributed by atoms with Gasteiger partial charge in [0.2, 0.25) is 0 Å². The Hall–Kier alpha value is -1.13. The summed E-state index contributed by atoms with van der Waals surface area (Å²) in [6, 6.07) is 1.81. The molecule has 1 atom stereocenters. The summed E-state index contributed by atoms with van der Waals surface area (Å²) in [5, 5.41) is 12.5. The molecular weight excluding hydrogens is 246 g/mol. The molecule has 1 unspecified atom stereocenters. The maximum atomic E-state index is 11.1. The van der Waals surface area contributed by atoms with Gasteiger partial charge in [-0.05, 0) is 25.4 Å². The largest absolute Gasteiger partial charge is 0.371 e. The molecule has 0 bridgehead atoms. The number of hydrogen-bond donors (Lipinski definition) is 1. The van der Waals surface area contributed by atoms with E-state index in [1.54, 1.807) is 13.8 Å². The Kier molecular flexibility index (Phi) is 3.88. The number of aromatic nitrogens is 1. The van der Waals surface area contributed by atoms with E-state index >= 15 is 0 Å². The zero-order chi connectivity index (χ0) is 12.3. The average Bonchev–Trinajstić information content (AvgIpc) is 2.43. The predicted octanol–water partition coefficient (Wildman–Crippen LogP) is 1.17. The van der Waals surface area contributed by atoms with E-state index in [0.717, 1.165) is 0 Å². The van der Waals surface area contributed by atoms with Crippen LogP contribution in [0.3, 0.4) is 0 Å². The molecule has 5 nitrogen and oxygen atoms in total. The second kappa shape index (κ2) is 4.80. The molecule has 88 valence electrons. The van der Waals surface area contributed by atoms with E-state index in [2.05, 4.69) is 9.69 Å². The van der Waals surface area contributed by atoms with Crippen LogP contribution in [-0.2, 0) is 9.84 Å². The molecule has 0 aliphatic carbocycles. The molecule has 0 spiro atoms. The minimum Gasteiger partial charge on any atom is -0.371 e. The van der Waals surface area contributed by atoms with Crippen LogP contribution in [0.2, 0.25) is 0 Å². The highest BCUT2D eigenvalue weighted by atomic mass is 32.2. The normalized spacial score (nSPS) is 13.1. The minimum absolute atomic E-state index is 0.0365. The molecule has 0 radical (unpaired) electrons. The van der Waals surface area contributed by atoms with Gasteiger partial charge in [0.05, 0.1) is 11.4 Å². The van der Waals surface area contributed by atoms with Crippen molar-refractivity contribution in [2.24, 2.45) is 0 Å². The molecule has 0 amide bonds. The third-order valence-corrected chi connectivity index (χ3v) is 3.88. The van der Waals surface area contributed by atoms with Gasteiger partial charge in [0.25, 0.3) is 0 Å². The van der Waals surface area contributed by atoms with E-state index in [0.29, 0.717) is 16.3 Å². The fourth-order valence-corrected chi connectivity index (χ4v) is 3.17. The van der Waals surface area contributed by atoms with Gasteiger partial charge in [0.15, 0.2) is 0 Å². The number of anilines is 1. The van der Waals surface area contributed by atoms with Crippen LogP contribution in [0.15, 0.2) is 0 Å². The molecule has 1 N–H and O–H groups in total. The lowest BCUT2D eigenvalue weighted by Crippen LogP contribution is -2.24. The first kappa shape index (κ1) is 12.9. The Labute approximate surface area is 99.2 Å². The lowest BCUT2D eigenvalue weighted by Gasteiger charge is -2.12. The van der Waals surface area contributed by atoms with E-state index < -0.39 is 9.84 Å². The maximum absolute atomic E-state index is 11.1. The van der Waals surface area contributed by atoms with E-state index in [4.69, 9.17) is 5.26 Å². The second-order valence-corrected chi connectivity index (χ2v) is 6.68. The average molecular weight is 259 g/mol. The van der Waals surface area contributed by atoms with Crippen LogP contribution in [0.1, 0.15) is 18.2 Å². The quantitative estimate of drug-likeness (QED) is 0.877. The number of hydrogen-bond acceptors (Lipinski definition) is 6. The highest BCUT2D eigenvalue weighted by molar-refractivity contribution is 7.90. The molecule has 1 heterocycles. The summed E-state index contributed by atoms with van der Waals surface area (Å²) in [4.78, 5) is 0. The minimum atomic E-state index is -3.02. The van der Waals surface area contributed by atoms with Gasteiger partial charge in [0.1, 0.15) is 26.5 Å². The van der Waals surface area contributed by atoms with E-state index in [-0.39, 0.29) is 11.8 Å². The van der Waals surface area contributed by atoms with Crippen molar-refractivity contribution in [2.75, 3.05) is 17.3 Å². The summed E-state index contributed by atoms with van der Waals surface area (Å²) in [5.41, 5.74) is 1.16. The monoisotopic (exact) mass is 259 g/mol. The van der Waals surface area contributed by atoms with Crippen LogP contribution in [0, 0.1) is 18.3 Å². The highest BCUT2D eigenvalue weighted by Gasteiger charge is 2.15. The number of nitrogens with zero attached hydrogens (tertiary/aromatic N) is 2. The molecule has 1 aromatic heterocycles. The van der Waals surface area contributed by atoms with Crippen LogP contribution in [-0.4, -0.2) is 30.8 Å². The van der Waals surface area contributed by atoms with Gasteiger partial charge in [-0.25, -0.2) is 8.42 Å². The molecule has 0 aliphatic rings. The smallest absolute Gasteiger partial charge is 0.149 e. The molecule has 0 aromatic carbocycles. The Morgan fingerprint density at radius 2 is 2.25 bits per heavy atom. The zero-order valence-electron chi connectivity index (χ0n) is 9.31. The molecular formula is C9H13N3O2S2. The number of sulfone groups is 1. The third-order valence-electron chi connectivity index (χ3n) is 1.90. The summed E-state index contributed by atoms with van der Waals surface area (Å²) >= 11 is 1.18. The van der Waals surface area contributed by atoms with Gasteiger partial charge in [0, 0.05) is 12.3 Å². The van der Waals surface area contributed by atoms with Crippen molar-refractivity contribution >= 4 is 26.4 Å². The summed E-state index contributed by atoms with van der Waals surface area (Å²) in [6.07, 6.45) is 1.19. The van der Waals surface area contributed by atoms with Crippen molar-refractivity contribution in [3.8, 4) is 6.07 Å². The van der Waals surface area contributed by atoms with Crippen molar-refractivity contribution in [1.82, 2.24) is 4.37 Å². The third kappa shape index (κ3) is 3.47. The Morgan fingerprint density at radius 1 is 1.62 bits per heavy atom. The first-order valence-corrected chi connectivity index (χ1v) is 7.47. The summed E-state index contributed by atoms with van der Waals surface area (Å²) in [5.74, 6) is 0.0365. The fraction of sp³-hybridized carbons (Fsp3) is 0.556. The van der Waals surface area contributed by atoms with Gasteiger partial charge in [-0.15, -0.1) is 0 Å². The molecule has 1 aromatic rings. The Morgan fingerprint density at radius 3 is 2.75 bits per heavy atom. The standard InChI is InChI=1S/C9H13N3O2S2/c1-6(5-16(3,13)14)11-9-8(4-10)7(2)12-15-9/h6,11H,5H2,1-3H3. The molecule has 0 saturated heterocycles. The van der Waals surface area contributed by atoms with Crippen molar-refractivity contribution in [3.05, 3.63) is 11.3 Å². The van der Waals surface area contributed by atoms with Crippen LogP contribution >= 0.6 is 11.5 Å². The molecule has 0 aliphatic heterocycles. The maximum Gasteiger partial charge on any atom is 0.149 e. The molecule has 7 heteroatoms. The Balaban J connectivity index is 2.78. The van der Waals surface area contributed by atoms with Crippen LogP contribution in [0.5, 0.6) is 0 Å². The first-order valence-electron chi connectivity index (χ1n) is 4.64. The van der Waals surface area contributed by atoms with Gasteiger partial charge in [-0.1, -0.05) is 0 Å². The summed E-state index contributed by atoms with van der Waals surface area (Å²) in [7, 11) is -3.02. The van der Waals surface area contributed by atoms with Crippen molar-refractivity contribution < 1.29 is 8.42 Å². The van der Waals surface area contributed by atoms with Crippen LogP contribution in [0.4, 0.5) is 5.00 Å². The SMILES string of the molecule is Cc1nsc(NC(C)CS(C)(=O)=O)c1C#N. The Bertz CT molecular complexity index is 513. The first-order chi connectivity index (χ1) is 7.33. The van der Waals surface area contributed by atoms with Gasteiger partial charge in [-0.2, -0.15) is 9.64 Å². The lowest BCUT2D eigenvalue weighted by atomic mass is 10.2.